The summed E-state index contributed by atoms with van der Waals surface area (Å²) >= 11 is 9.56. The maximum Gasteiger partial charge on any atom is 0.0713 e. The van der Waals surface area contributed by atoms with E-state index >= 15 is 0 Å². The van der Waals surface area contributed by atoms with E-state index in [4.69, 9.17) is 11.6 Å². The molecule has 0 radical (unpaired) electrons. The molecule has 0 amide bonds. The van der Waals surface area contributed by atoms with Gasteiger partial charge in [-0.15, -0.1) is 0 Å². The van der Waals surface area contributed by atoms with Crippen molar-refractivity contribution >= 4 is 27.5 Å². The lowest BCUT2D eigenvalue weighted by atomic mass is 9.86. The predicted molar refractivity (Wildman–Crippen MR) is 70.8 cm³/mol. The Balaban J connectivity index is 2.20. The molecule has 1 saturated carbocycles. The Kier molecular flexibility index (Phi) is 3.62. The Hall–Kier alpha value is -0.0500. The van der Waals surface area contributed by atoms with Gasteiger partial charge in [-0.25, -0.2) is 0 Å². The van der Waals surface area contributed by atoms with Crippen molar-refractivity contribution in [3.05, 3.63) is 33.3 Å². The van der Waals surface area contributed by atoms with E-state index in [0.29, 0.717) is 12.3 Å². The van der Waals surface area contributed by atoms with Gasteiger partial charge in [0.25, 0.3) is 0 Å². The highest BCUT2D eigenvalue weighted by Gasteiger charge is 2.38. The van der Waals surface area contributed by atoms with Gasteiger partial charge in [-0.05, 0) is 36.5 Å². The molecular formula is C13H16BrClO. The molecule has 1 aromatic carbocycles. The number of halogens is 2. The quantitative estimate of drug-likeness (QED) is 0.868. The minimum absolute atomic E-state index is 0.368. The summed E-state index contributed by atoms with van der Waals surface area (Å²) in [5, 5.41) is 11.3. The van der Waals surface area contributed by atoms with Gasteiger partial charge in [0, 0.05) is 15.9 Å². The Bertz CT molecular complexity index is 394. The molecule has 1 fully saturated rings. The zero-order valence-corrected chi connectivity index (χ0v) is 11.7. The zero-order valence-electron chi connectivity index (χ0n) is 9.34. The molecule has 0 saturated heterocycles. The van der Waals surface area contributed by atoms with Gasteiger partial charge in [0.1, 0.15) is 0 Å². The molecular weight excluding hydrogens is 287 g/mol. The van der Waals surface area contributed by atoms with Crippen molar-refractivity contribution in [1.82, 2.24) is 0 Å². The summed E-state index contributed by atoms with van der Waals surface area (Å²) in [5.41, 5.74) is 0.485. The lowest BCUT2D eigenvalue weighted by Gasteiger charge is -2.28. The molecule has 88 valence electrons. The van der Waals surface area contributed by atoms with Gasteiger partial charge < -0.3 is 5.11 Å². The van der Waals surface area contributed by atoms with Crippen molar-refractivity contribution in [1.29, 1.82) is 0 Å². The van der Waals surface area contributed by atoms with Crippen LogP contribution in [0.2, 0.25) is 5.02 Å². The van der Waals surface area contributed by atoms with Crippen molar-refractivity contribution in [2.24, 2.45) is 5.92 Å². The fraction of sp³-hybridized carbons (Fsp3) is 0.538. The number of rotatable bonds is 2. The van der Waals surface area contributed by atoms with Gasteiger partial charge in [0.2, 0.25) is 0 Å². The van der Waals surface area contributed by atoms with E-state index in [9.17, 15) is 5.11 Å². The van der Waals surface area contributed by atoms with Crippen molar-refractivity contribution in [3.63, 3.8) is 0 Å². The number of hydrogen-bond donors (Lipinski definition) is 1. The van der Waals surface area contributed by atoms with Crippen LogP contribution in [-0.2, 0) is 6.42 Å². The molecule has 0 bridgehead atoms. The highest BCUT2D eigenvalue weighted by Crippen LogP contribution is 2.39. The van der Waals surface area contributed by atoms with Gasteiger partial charge in [-0.3, -0.25) is 0 Å². The van der Waals surface area contributed by atoms with Crippen LogP contribution in [0.15, 0.2) is 22.7 Å². The van der Waals surface area contributed by atoms with Crippen molar-refractivity contribution in [3.8, 4) is 0 Å². The predicted octanol–water partition coefficient (Wildman–Crippen LogP) is 4.20. The van der Waals surface area contributed by atoms with Gasteiger partial charge in [-0.2, -0.15) is 0 Å². The van der Waals surface area contributed by atoms with E-state index in [2.05, 4.69) is 22.9 Å². The molecule has 1 aliphatic carbocycles. The maximum atomic E-state index is 10.5. The first-order valence-corrected chi connectivity index (χ1v) is 6.85. The first kappa shape index (κ1) is 12.4. The maximum absolute atomic E-state index is 10.5. The third-order valence-corrected chi connectivity index (χ3v) is 4.52. The Morgan fingerprint density at radius 1 is 1.56 bits per heavy atom. The molecule has 2 rings (SSSR count). The van der Waals surface area contributed by atoms with Crippen LogP contribution < -0.4 is 0 Å². The summed E-state index contributed by atoms with van der Waals surface area (Å²) in [6.45, 7) is 2.12. The molecule has 2 atom stereocenters. The van der Waals surface area contributed by atoms with E-state index < -0.39 is 5.60 Å². The van der Waals surface area contributed by atoms with Crippen LogP contribution >= 0.6 is 27.5 Å². The summed E-state index contributed by atoms with van der Waals surface area (Å²) < 4.78 is 0.979. The molecule has 0 heterocycles. The second-order valence-corrected chi connectivity index (χ2v) is 6.13. The fourth-order valence-electron chi connectivity index (χ4n) is 2.49. The monoisotopic (exact) mass is 302 g/mol. The van der Waals surface area contributed by atoms with Crippen LogP contribution in [0.5, 0.6) is 0 Å². The Morgan fingerprint density at radius 3 is 2.88 bits per heavy atom. The average molecular weight is 304 g/mol. The lowest BCUT2D eigenvalue weighted by molar-refractivity contribution is 0.00961. The standard InChI is InChI=1S/C13H16BrClO/c1-9-3-2-6-13(9,16)8-10-4-5-11(14)7-12(10)15/h4-5,7,9,16H,2-3,6,8H2,1H3. The molecule has 1 nitrogen and oxygen atoms in total. The number of benzene rings is 1. The summed E-state index contributed by atoms with van der Waals surface area (Å²) in [5.74, 6) is 0.368. The van der Waals surface area contributed by atoms with Gasteiger partial charge in [-0.1, -0.05) is 46.9 Å². The zero-order chi connectivity index (χ0) is 11.8. The van der Waals surface area contributed by atoms with Crippen molar-refractivity contribution in [2.45, 2.75) is 38.2 Å². The van der Waals surface area contributed by atoms with E-state index in [1.807, 2.05) is 18.2 Å². The first-order chi connectivity index (χ1) is 7.51. The first-order valence-electron chi connectivity index (χ1n) is 5.67. The number of aliphatic hydroxyl groups is 1. The number of hydrogen-bond acceptors (Lipinski definition) is 1. The molecule has 16 heavy (non-hydrogen) atoms. The summed E-state index contributed by atoms with van der Waals surface area (Å²) in [6, 6.07) is 5.86. The van der Waals surface area contributed by atoms with Crippen LogP contribution in [0.1, 0.15) is 31.7 Å². The summed E-state index contributed by atoms with van der Waals surface area (Å²) in [6.07, 6.45) is 3.79. The van der Waals surface area contributed by atoms with Crippen LogP contribution in [0.4, 0.5) is 0 Å². The SMILES string of the molecule is CC1CCCC1(O)Cc1ccc(Br)cc1Cl. The van der Waals surface area contributed by atoms with Crippen LogP contribution in [0, 0.1) is 5.92 Å². The third kappa shape index (κ3) is 2.44. The average Bonchev–Trinajstić information content (AvgIpc) is 2.52. The summed E-state index contributed by atoms with van der Waals surface area (Å²) in [4.78, 5) is 0. The van der Waals surface area contributed by atoms with E-state index in [1.54, 1.807) is 0 Å². The smallest absolute Gasteiger partial charge is 0.0713 e. The lowest BCUT2D eigenvalue weighted by Crippen LogP contribution is -2.34. The normalized spacial score (nSPS) is 29.6. The minimum Gasteiger partial charge on any atom is -0.389 e. The van der Waals surface area contributed by atoms with Gasteiger partial charge in [0.05, 0.1) is 5.60 Å². The van der Waals surface area contributed by atoms with E-state index in [1.165, 1.54) is 0 Å². The minimum atomic E-state index is -0.558. The molecule has 0 aromatic heterocycles. The van der Waals surface area contributed by atoms with Crippen molar-refractivity contribution < 1.29 is 5.11 Å². The molecule has 2 unspecified atom stereocenters. The molecule has 0 spiro atoms. The highest BCUT2D eigenvalue weighted by molar-refractivity contribution is 9.10. The molecule has 3 heteroatoms. The molecule has 0 aliphatic heterocycles. The molecule has 1 aromatic rings. The highest BCUT2D eigenvalue weighted by atomic mass is 79.9. The van der Waals surface area contributed by atoms with E-state index in [-0.39, 0.29) is 0 Å². The Labute approximate surface area is 110 Å². The van der Waals surface area contributed by atoms with Crippen LogP contribution in [-0.4, -0.2) is 10.7 Å². The van der Waals surface area contributed by atoms with Gasteiger partial charge in [0.15, 0.2) is 0 Å². The van der Waals surface area contributed by atoms with Gasteiger partial charge >= 0.3 is 0 Å². The fourth-order valence-corrected chi connectivity index (χ4v) is 3.23. The Morgan fingerprint density at radius 2 is 2.31 bits per heavy atom. The van der Waals surface area contributed by atoms with Crippen molar-refractivity contribution in [2.75, 3.05) is 0 Å². The molecule has 1 aliphatic rings. The van der Waals surface area contributed by atoms with Crippen LogP contribution in [0.25, 0.3) is 0 Å². The second-order valence-electron chi connectivity index (χ2n) is 4.81. The topological polar surface area (TPSA) is 20.2 Å². The third-order valence-electron chi connectivity index (χ3n) is 3.68. The molecule has 1 N–H and O–H groups in total. The summed E-state index contributed by atoms with van der Waals surface area (Å²) in [7, 11) is 0. The van der Waals surface area contributed by atoms with E-state index in [0.717, 1.165) is 34.3 Å². The van der Waals surface area contributed by atoms with Crippen LogP contribution in [0.3, 0.4) is 0 Å². The largest absolute Gasteiger partial charge is 0.389 e. The second kappa shape index (κ2) is 4.67.